The van der Waals surface area contributed by atoms with Gasteiger partial charge in [-0.1, -0.05) is 13.8 Å². The fraction of sp³-hybridized carbons (Fsp3) is 0.818. The fourth-order valence-electron chi connectivity index (χ4n) is 1.70. The van der Waals surface area contributed by atoms with E-state index in [0.29, 0.717) is 5.92 Å². The van der Waals surface area contributed by atoms with E-state index < -0.39 is 5.60 Å². The number of rotatable bonds is 6. The average Bonchev–Trinajstić information content (AvgIpc) is 2.14. The van der Waals surface area contributed by atoms with Gasteiger partial charge in [0, 0.05) is 6.54 Å². The Balaban J connectivity index is 3.89. The second-order valence-electron chi connectivity index (χ2n) is 4.93. The first-order chi connectivity index (χ1) is 7.76. The Morgan fingerprint density at radius 3 is 2.41 bits per heavy atom. The van der Waals surface area contributed by atoms with E-state index in [1.165, 1.54) is 0 Å². The number of carbonyl (C=O) groups is 2. The van der Waals surface area contributed by atoms with Crippen LogP contribution in [0.25, 0.3) is 0 Å². The van der Waals surface area contributed by atoms with Crippen LogP contribution in [0.5, 0.6) is 0 Å². The number of esters is 1. The molecule has 0 fully saturated rings. The van der Waals surface area contributed by atoms with E-state index in [2.05, 4.69) is 22.7 Å². The van der Waals surface area contributed by atoms with Crippen LogP contribution in [0.4, 0.5) is 4.79 Å². The highest BCUT2D eigenvalue weighted by Gasteiger charge is 2.23. The first-order valence-electron chi connectivity index (χ1n) is 5.63. The number of carbonyl (C=O) groups excluding carboxylic acids is 2. The van der Waals surface area contributed by atoms with Crippen LogP contribution in [0, 0.1) is 5.92 Å². The number of urea groups is 1. The maximum absolute atomic E-state index is 11.5. The van der Waals surface area contributed by atoms with Gasteiger partial charge in [-0.2, -0.15) is 0 Å². The van der Waals surface area contributed by atoms with Crippen LogP contribution in [0.3, 0.4) is 0 Å². The largest absolute Gasteiger partial charge is 0.460 e. The molecular formula is C11H21IN2O3. The first kappa shape index (κ1) is 16.5. The summed E-state index contributed by atoms with van der Waals surface area (Å²) in [5, 5.41) is 2.53. The molecule has 0 aliphatic heterocycles. The van der Waals surface area contributed by atoms with Crippen molar-refractivity contribution < 1.29 is 14.3 Å². The third-order valence-electron chi connectivity index (χ3n) is 1.99. The van der Waals surface area contributed by atoms with E-state index in [9.17, 15) is 9.59 Å². The molecule has 0 aromatic heterocycles. The number of hydrogen-bond donors (Lipinski definition) is 2. The maximum Gasteiger partial charge on any atom is 0.323 e. The molecule has 0 spiro atoms. The van der Waals surface area contributed by atoms with Gasteiger partial charge in [0.25, 0.3) is 0 Å². The Bertz CT molecular complexity index is 267. The van der Waals surface area contributed by atoms with E-state index in [0.717, 1.165) is 6.42 Å². The molecule has 0 aliphatic carbocycles. The Hall–Kier alpha value is -0.530. The van der Waals surface area contributed by atoms with E-state index >= 15 is 0 Å². The first-order valence-corrected chi connectivity index (χ1v) is 6.71. The highest BCUT2D eigenvalue weighted by Crippen LogP contribution is 2.20. The van der Waals surface area contributed by atoms with E-state index in [1.807, 2.05) is 13.8 Å². The monoisotopic (exact) mass is 356 g/mol. The molecule has 0 bridgehead atoms. The van der Waals surface area contributed by atoms with Crippen LogP contribution in [0.1, 0.15) is 40.5 Å². The average molecular weight is 356 g/mol. The zero-order valence-corrected chi connectivity index (χ0v) is 13.0. The lowest BCUT2D eigenvalue weighted by Gasteiger charge is -2.27. The van der Waals surface area contributed by atoms with Crippen LogP contribution in [-0.2, 0) is 9.53 Å². The Morgan fingerprint density at radius 1 is 1.35 bits per heavy atom. The molecule has 0 aromatic rings. The fourth-order valence-corrected chi connectivity index (χ4v) is 1.89. The summed E-state index contributed by atoms with van der Waals surface area (Å²) in [6.07, 6.45) is 1.01. The molecule has 100 valence electrons. The topological polar surface area (TPSA) is 67.4 Å². The third kappa shape index (κ3) is 9.20. The van der Waals surface area contributed by atoms with Gasteiger partial charge in [0.1, 0.15) is 5.60 Å². The zero-order chi connectivity index (χ0) is 13.5. The van der Waals surface area contributed by atoms with Gasteiger partial charge in [-0.25, -0.2) is 4.79 Å². The van der Waals surface area contributed by atoms with Crippen LogP contribution >= 0.6 is 22.9 Å². The zero-order valence-electron chi connectivity index (χ0n) is 10.8. The number of nitrogens with one attached hydrogen (secondary N) is 2. The number of ether oxygens (including phenoxy) is 1. The molecule has 0 saturated carbocycles. The van der Waals surface area contributed by atoms with Crippen molar-refractivity contribution in [2.75, 3.05) is 6.54 Å². The van der Waals surface area contributed by atoms with Gasteiger partial charge in [-0.3, -0.25) is 8.32 Å². The van der Waals surface area contributed by atoms with Crippen molar-refractivity contribution in [1.29, 1.82) is 0 Å². The van der Waals surface area contributed by atoms with Gasteiger partial charge in [-0.05, 0) is 26.2 Å². The van der Waals surface area contributed by atoms with E-state index in [4.69, 9.17) is 4.74 Å². The smallest absolute Gasteiger partial charge is 0.323 e. The summed E-state index contributed by atoms with van der Waals surface area (Å²) in [5.41, 5.74) is -0.448. The maximum atomic E-state index is 11.5. The van der Waals surface area contributed by atoms with Crippen molar-refractivity contribution in [3.63, 3.8) is 0 Å². The predicted molar refractivity (Wildman–Crippen MR) is 74.8 cm³/mol. The number of halogens is 1. The molecule has 0 unspecified atom stereocenters. The van der Waals surface area contributed by atoms with Crippen LogP contribution in [0.15, 0.2) is 0 Å². The summed E-state index contributed by atoms with van der Waals surface area (Å²) in [7, 11) is 0. The van der Waals surface area contributed by atoms with Gasteiger partial charge in [0.2, 0.25) is 0 Å². The van der Waals surface area contributed by atoms with E-state index in [-0.39, 0.29) is 25.0 Å². The minimum Gasteiger partial charge on any atom is -0.460 e. The van der Waals surface area contributed by atoms with Gasteiger partial charge in [-0.15, -0.1) is 0 Å². The predicted octanol–water partition coefficient (Wildman–Crippen LogP) is 2.39. The Morgan fingerprint density at radius 2 is 1.94 bits per heavy atom. The van der Waals surface area contributed by atoms with Crippen molar-refractivity contribution in [2.45, 2.75) is 46.1 Å². The summed E-state index contributed by atoms with van der Waals surface area (Å²) in [5.74, 6) is 0.185. The van der Waals surface area contributed by atoms with E-state index in [1.54, 1.807) is 22.9 Å². The van der Waals surface area contributed by atoms with Crippen molar-refractivity contribution in [3.8, 4) is 0 Å². The minimum absolute atomic E-state index is 0.186. The van der Waals surface area contributed by atoms with Crippen molar-refractivity contribution in [3.05, 3.63) is 0 Å². The number of hydrogen-bond acceptors (Lipinski definition) is 3. The second kappa shape index (κ2) is 7.73. The molecule has 6 heteroatoms. The molecule has 5 nitrogen and oxygen atoms in total. The van der Waals surface area contributed by atoms with Crippen molar-refractivity contribution >= 4 is 34.9 Å². The summed E-state index contributed by atoms with van der Waals surface area (Å²) < 4.78 is 7.73. The molecule has 0 heterocycles. The molecule has 0 rings (SSSR count). The lowest BCUT2D eigenvalue weighted by Crippen LogP contribution is -2.34. The molecule has 0 aromatic carbocycles. The minimum atomic E-state index is -0.448. The standard InChI is InChI=1S/C11H21IN2O3/c1-8(2)7-11(3,4)17-9(15)5-6-13-10(16)14-12/h8H,5-7H2,1-4H3,(H2,13,14,16). The second-order valence-corrected chi connectivity index (χ2v) is 5.47. The van der Waals surface area contributed by atoms with Gasteiger partial charge in [0.15, 0.2) is 0 Å². The highest BCUT2D eigenvalue weighted by atomic mass is 127. The van der Waals surface area contributed by atoms with Crippen LogP contribution in [0.2, 0.25) is 0 Å². The molecule has 0 atom stereocenters. The SMILES string of the molecule is CC(C)CC(C)(C)OC(=O)CCNC(=O)NI. The van der Waals surface area contributed by atoms with Crippen molar-refractivity contribution in [2.24, 2.45) is 5.92 Å². The Labute approximate surface area is 117 Å². The van der Waals surface area contributed by atoms with Crippen LogP contribution < -0.4 is 8.85 Å². The third-order valence-corrected chi connectivity index (χ3v) is 2.48. The van der Waals surface area contributed by atoms with Crippen LogP contribution in [-0.4, -0.2) is 24.1 Å². The summed E-state index contributed by atoms with van der Waals surface area (Å²) in [6, 6.07) is -0.306. The highest BCUT2D eigenvalue weighted by molar-refractivity contribution is 14.1. The Kier molecular flexibility index (Phi) is 7.49. The molecule has 17 heavy (non-hydrogen) atoms. The lowest BCUT2D eigenvalue weighted by atomic mass is 9.96. The quantitative estimate of drug-likeness (QED) is 0.436. The van der Waals surface area contributed by atoms with Gasteiger partial charge in [0.05, 0.1) is 29.3 Å². The molecule has 0 saturated heterocycles. The molecule has 2 amide bonds. The normalized spacial score (nSPS) is 11.2. The van der Waals surface area contributed by atoms with Crippen molar-refractivity contribution in [1.82, 2.24) is 8.85 Å². The summed E-state index contributed by atoms with van der Waals surface area (Å²) >= 11 is 1.73. The summed E-state index contributed by atoms with van der Waals surface area (Å²) in [4.78, 5) is 22.4. The molecule has 0 aliphatic rings. The molecule has 2 N–H and O–H groups in total. The molecular weight excluding hydrogens is 335 g/mol. The number of amides is 2. The lowest BCUT2D eigenvalue weighted by molar-refractivity contribution is -0.157. The van der Waals surface area contributed by atoms with Gasteiger partial charge < -0.3 is 10.1 Å². The van der Waals surface area contributed by atoms with Gasteiger partial charge >= 0.3 is 12.0 Å². The summed E-state index contributed by atoms with van der Waals surface area (Å²) in [6.45, 7) is 8.25. The molecule has 0 radical (unpaired) electrons.